The van der Waals surface area contributed by atoms with E-state index in [2.05, 4.69) is 17.4 Å². The van der Waals surface area contributed by atoms with Crippen LogP contribution in [0.4, 0.5) is 0 Å². The Bertz CT molecular complexity index is 414. The molecule has 0 aliphatic heterocycles. The summed E-state index contributed by atoms with van der Waals surface area (Å²) in [5, 5.41) is 3.27. The molecule has 3 rings (SSSR count). The third-order valence-corrected chi connectivity index (χ3v) is 4.94. The molecule has 1 N–H and O–H groups in total. The summed E-state index contributed by atoms with van der Waals surface area (Å²) in [4.78, 5) is 12.0. The molecule has 2 fully saturated rings. The molecule has 19 heavy (non-hydrogen) atoms. The van der Waals surface area contributed by atoms with E-state index in [9.17, 15) is 4.79 Å². The molecule has 0 spiro atoms. The van der Waals surface area contributed by atoms with Crippen molar-refractivity contribution in [2.75, 3.05) is 5.75 Å². The van der Waals surface area contributed by atoms with Crippen molar-refractivity contribution in [1.82, 2.24) is 5.32 Å². The zero-order valence-corrected chi connectivity index (χ0v) is 12.0. The highest BCUT2D eigenvalue weighted by molar-refractivity contribution is 7.99. The van der Waals surface area contributed by atoms with Crippen molar-refractivity contribution in [1.29, 1.82) is 0 Å². The van der Waals surface area contributed by atoms with Gasteiger partial charge in [-0.1, -0.05) is 30.3 Å². The van der Waals surface area contributed by atoms with E-state index >= 15 is 0 Å². The van der Waals surface area contributed by atoms with Crippen LogP contribution in [-0.2, 0) is 10.5 Å². The normalized spacial score (nSPS) is 18.6. The van der Waals surface area contributed by atoms with Crippen LogP contribution in [-0.4, -0.2) is 17.7 Å². The first-order chi connectivity index (χ1) is 9.33. The first-order valence-corrected chi connectivity index (χ1v) is 8.39. The molecule has 0 saturated heterocycles. The van der Waals surface area contributed by atoms with Crippen molar-refractivity contribution in [3.63, 3.8) is 0 Å². The third kappa shape index (κ3) is 4.00. The molecule has 1 aromatic rings. The van der Waals surface area contributed by atoms with Crippen LogP contribution in [0, 0.1) is 11.8 Å². The van der Waals surface area contributed by atoms with E-state index in [0.717, 1.165) is 17.6 Å². The molecule has 0 unspecified atom stereocenters. The lowest BCUT2D eigenvalue weighted by Gasteiger charge is -2.17. The van der Waals surface area contributed by atoms with E-state index in [0.29, 0.717) is 11.8 Å². The summed E-state index contributed by atoms with van der Waals surface area (Å²) in [6, 6.07) is 10.8. The number of thioether (sulfide) groups is 1. The molecule has 102 valence electrons. The predicted octanol–water partition coefficient (Wildman–Crippen LogP) is 3.22. The van der Waals surface area contributed by atoms with Crippen molar-refractivity contribution in [3.8, 4) is 0 Å². The molecule has 0 radical (unpaired) electrons. The van der Waals surface area contributed by atoms with Gasteiger partial charge in [0.15, 0.2) is 0 Å². The first kappa shape index (κ1) is 13.0. The van der Waals surface area contributed by atoms with Gasteiger partial charge < -0.3 is 5.32 Å². The lowest BCUT2D eigenvalue weighted by atomic mass is 10.1. The maximum Gasteiger partial charge on any atom is 0.230 e. The Kier molecular flexibility index (Phi) is 4.12. The second kappa shape index (κ2) is 6.00. The van der Waals surface area contributed by atoms with Crippen molar-refractivity contribution >= 4 is 17.7 Å². The molecule has 2 saturated carbocycles. The molecule has 3 heteroatoms. The summed E-state index contributed by atoms with van der Waals surface area (Å²) in [7, 11) is 0. The average molecular weight is 275 g/mol. The molecule has 1 amide bonds. The van der Waals surface area contributed by atoms with Crippen molar-refractivity contribution in [2.24, 2.45) is 11.8 Å². The Morgan fingerprint density at radius 1 is 1.16 bits per heavy atom. The van der Waals surface area contributed by atoms with Gasteiger partial charge in [-0.25, -0.2) is 0 Å². The summed E-state index contributed by atoms with van der Waals surface area (Å²) in [6.07, 6.45) is 5.27. The minimum Gasteiger partial charge on any atom is -0.352 e. The molecule has 2 aliphatic rings. The number of hydrogen-bond donors (Lipinski definition) is 1. The van der Waals surface area contributed by atoms with E-state index in [1.165, 1.54) is 31.2 Å². The molecule has 2 aliphatic carbocycles. The SMILES string of the molecule is O=C(CSCc1ccccc1)NC(C1CC1)C1CC1. The summed E-state index contributed by atoms with van der Waals surface area (Å²) >= 11 is 1.71. The average Bonchev–Trinajstić information content (AvgIpc) is 3.30. The number of carbonyl (C=O) groups is 1. The first-order valence-electron chi connectivity index (χ1n) is 7.24. The summed E-state index contributed by atoms with van der Waals surface area (Å²) < 4.78 is 0. The monoisotopic (exact) mass is 275 g/mol. The predicted molar refractivity (Wildman–Crippen MR) is 80.0 cm³/mol. The van der Waals surface area contributed by atoms with Crippen LogP contribution in [0.15, 0.2) is 30.3 Å². The number of carbonyl (C=O) groups excluding carboxylic acids is 1. The van der Waals surface area contributed by atoms with Gasteiger partial charge in [0.25, 0.3) is 0 Å². The fourth-order valence-corrected chi connectivity index (χ4v) is 3.39. The fraction of sp³-hybridized carbons (Fsp3) is 0.562. The van der Waals surface area contributed by atoms with Gasteiger partial charge in [0.1, 0.15) is 0 Å². The Balaban J connectivity index is 1.39. The van der Waals surface area contributed by atoms with Crippen LogP contribution in [0.1, 0.15) is 31.2 Å². The van der Waals surface area contributed by atoms with Crippen LogP contribution in [0.5, 0.6) is 0 Å². The van der Waals surface area contributed by atoms with Crippen LogP contribution >= 0.6 is 11.8 Å². The van der Waals surface area contributed by atoms with Gasteiger partial charge in [-0.15, -0.1) is 11.8 Å². The third-order valence-electron chi connectivity index (χ3n) is 3.93. The fourth-order valence-electron chi connectivity index (χ4n) is 2.59. The van der Waals surface area contributed by atoms with Crippen molar-refractivity contribution in [2.45, 2.75) is 37.5 Å². The van der Waals surface area contributed by atoms with E-state index in [1.54, 1.807) is 11.8 Å². The maximum absolute atomic E-state index is 12.0. The number of hydrogen-bond acceptors (Lipinski definition) is 2. The molecular weight excluding hydrogens is 254 g/mol. The lowest BCUT2D eigenvalue weighted by molar-refractivity contribution is -0.119. The van der Waals surface area contributed by atoms with Crippen LogP contribution in [0.25, 0.3) is 0 Å². The highest BCUT2D eigenvalue weighted by Crippen LogP contribution is 2.44. The van der Waals surface area contributed by atoms with Gasteiger partial charge in [0, 0.05) is 11.8 Å². The summed E-state index contributed by atoms with van der Waals surface area (Å²) in [6.45, 7) is 0. The van der Waals surface area contributed by atoms with E-state index in [1.807, 2.05) is 18.2 Å². The van der Waals surface area contributed by atoms with Gasteiger partial charge in [0.2, 0.25) is 5.91 Å². The molecule has 0 bridgehead atoms. The highest BCUT2D eigenvalue weighted by Gasteiger charge is 2.42. The van der Waals surface area contributed by atoms with Gasteiger partial charge in [-0.3, -0.25) is 4.79 Å². The smallest absolute Gasteiger partial charge is 0.230 e. The molecule has 2 nitrogen and oxygen atoms in total. The van der Waals surface area contributed by atoms with E-state index in [-0.39, 0.29) is 5.91 Å². The van der Waals surface area contributed by atoms with Gasteiger partial charge in [-0.05, 0) is 43.1 Å². The Labute approximate surface area is 119 Å². The standard InChI is InChI=1S/C16H21NOS/c18-15(11-19-10-12-4-2-1-3-5-12)17-16(13-6-7-13)14-8-9-14/h1-5,13-14,16H,6-11H2,(H,17,18). The Hall–Kier alpha value is -0.960. The number of nitrogens with one attached hydrogen (secondary N) is 1. The molecule has 1 aromatic carbocycles. The zero-order valence-electron chi connectivity index (χ0n) is 11.2. The zero-order chi connectivity index (χ0) is 13.1. The van der Waals surface area contributed by atoms with Crippen molar-refractivity contribution in [3.05, 3.63) is 35.9 Å². The second-order valence-corrected chi connectivity index (χ2v) is 6.73. The van der Waals surface area contributed by atoms with Gasteiger partial charge in [0.05, 0.1) is 5.75 Å². The largest absolute Gasteiger partial charge is 0.352 e. The van der Waals surface area contributed by atoms with Crippen LogP contribution < -0.4 is 5.32 Å². The molecular formula is C16H21NOS. The maximum atomic E-state index is 12.0. The number of rotatable bonds is 7. The van der Waals surface area contributed by atoms with Crippen LogP contribution in [0.3, 0.4) is 0 Å². The van der Waals surface area contributed by atoms with Gasteiger partial charge >= 0.3 is 0 Å². The topological polar surface area (TPSA) is 29.1 Å². The van der Waals surface area contributed by atoms with Crippen LogP contribution in [0.2, 0.25) is 0 Å². The highest BCUT2D eigenvalue weighted by atomic mass is 32.2. The van der Waals surface area contributed by atoms with Crippen molar-refractivity contribution < 1.29 is 4.79 Å². The Morgan fingerprint density at radius 3 is 2.37 bits per heavy atom. The molecule has 0 atom stereocenters. The molecule has 0 aromatic heterocycles. The lowest BCUT2D eigenvalue weighted by Crippen LogP contribution is -2.39. The van der Waals surface area contributed by atoms with E-state index in [4.69, 9.17) is 0 Å². The second-order valence-electron chi connectivity index (χ2n) is 5.75. The Morgan fingerprint density at radius 2 is 1.79 bits per heavy atom. The number of benzene rings is 1. The summed E-state index contributed by atoms with van der Waals surface area (Å²) in [5.41, 5.74) is 1.29. The summed E-state index contributed by atoms with van der Waals surface area (Å²) in [5.74, 6) is 3.31. The quantitative estimate of drug-likeness (QED) is 0.828. The minimum absolute atomic E-state index is 0.227. The van der Waals surface area contributed by atoms with Gasteiger partial charge in [-0.2, -0.15) is 0 Å². The van der Waals surface area contributed by atoms with E-state index < -0.39 is 0 Å². The minimum atomic E-state index is 0.227. The number of amides is 1. The molecule has 0 heterocycles.